The van der Waals surface area contributed by atoms with Gasteiger partial charge in [0, 0.05) is 12.6 Å². The maximum Gasteiger partial charge on any atom is 0.324 e. The van der Waals surface area contributed by atoms with Crippen LogP contribution < -0.4 is 10.6 Å². The standard InChI is InChI=1S/C8H13N3O2/c12-7-4-10-8(13)11(7)5-6-2-1-3-9-6/h6,9H,1-5H2,(H,10,13)/t6-/m1/s1. The van der Waals surface area contributed by atoms with E-state index in [4.69, 9.17) is 0 Å². The van der Waals surface area contributed by atoms with Crippen molar-refractivity contribution >= 4 is 11.9 Å². The van der Waals surface area contributed by atoms with E-state index in [1.807, 2.05) is 0 Å². The minimum absolute atomic E-state index is 0.112. The Kier molecular flexibility index (Phi) is 2.18. The van der Waals surface area contributed by atoms with E-state index < -0.39 is 0 Å². The van der Waals surface area contributed by atoms with E-state index in [-0.39, 0.29) is 18.5 Å². The second-order valence-corrected chi connectivity index (χ2v) is 3.46. The number of hydrogen-bond acceptors (Lipinski definition) is 3. The molecular weight excluding hydrogens is 170 g/mol. The van der Waals surface area contributed by atoms with Crippen molar-refractivity contribution in [1.29, 1.82) is 0 Å². The first-order chi connectivity index (χ1) is 6.27. The van der Waals surface area contributed by atoms with E-state index in [9.17, 15) is 9.59 Å². The third kappa shape index (κ3) is 1.65. The van der Waals surface area contributed by atoms with Crippen LogP contribution in [0.2, 0.25) is 0 Å². The molecule has 72 valence electrons. The van der Waals surface area contributed by atoms with Gasteiger partial charge >= 0.3 is 6.03 Å². The highest BCUT2D eigenvalue weighted by Gasteiger charge is 2.31. The van der Waals surface area contributed by atoms with Crippen molar-refractivity contribution in [3.8, 4) is 0 Å². The van der Waals surface area contributed by atoms with E-state index in [1.165, 1.54) is 4.90 Å². The molecule has 0 aromatic heterocycles. The third-order valence-electron chi connectivity index (χ3n) is 2.50. The molecule has 5 nitrogen and oxygen atoms in total. The predicted molar refractivity (Wildman–Crippen MR) is 46.1 cm³/mol. The first kappa shape index (κ1) is 8.50. The first-order valence-electron chi connectivity index (χ1n) is 4.59. The van der Waals surface area contributed by atoms with Gasteiger partial charge in [0.05, 0.1) is 6.54 Å². The first-order valence-corrected chi connectivity index (χ1v) is 4.59. The smallest absolute Gasteiger partial charge is 0.324 e. The Morgan fingerprint density at radius 1 is 1.46 bits per heavy atom. The monoisotopic (exact) mass is 183 g/mol. The molecule has 13 heavy (non-hydrogen) atoms. The molecule has 3 amide bonds. The van der Waals surface area contributed by atoms with Crippen molar-refractivity contribution in [2.24, 2.45) is 0 Å². The molecule has 2 saturated heterocycles. The van der Waals surface area contributed by atoms with E-state index in [0.29, 0.717) is 12.6 Å². The molecular formula is C8H13N3O2. The van der Waals surface area contributed by atoms with E-state index in [2.05, 4.69) is 10.6 Å². The third-order valence-corrected chi connectivity index (χ3v) is 2.50. The summed E-state index contributed by atoms with van der Waals surface area (Å²) in [6, 6.07) is 0.0477. The molecule has 0 aromatic carbocycles. The molecule has 2 rings (SSSR count). The van der Waals surface area contributed by atoms with Gasteiger partial charge in [0.1, 0.15) is 0 Å². The summed E-state index contributed by atoms with van der Waals surface area (Å²) in [5.41, 5.74) is 0. The van der Waals surface area contributed by atoms with Crippen LogP contribution in [-0.2, 0) is 4.79 Å². The molecule has 2 aliphatic rings. The van der Waals surface area contributed by atoms with Gasteiger partial charge in [-0.05, 0) is 19.4 Å². The van der Waals surface area contributed by atoms with Crippen LogP contribution in [0.25, 0.3) is 0 Å². The lowest BCUT2D eigenvalue weighted by molar-refractivity contribution is -0.125. The number of rotatable bonds is 2. The van der Waals surface area contributed by atoms with Gasteiger partial charge < -0.3 is 10.6 Å². The van der Waals surface area contributed by atoms with Crippen molar-refractivity contribution in [2.45, 2.75) is 18.9 Å². The number of carbonyl (C=O) groups excluding carboxylic acids is 2. The van der Waals surface area contributed by atoms with Crippen LogP contribution in [0.4, 0.5) is 4.79 Å². The number of carbonyl (C=O) groups is 2. The van der Waals surface area contributed by atoms with Crippen LogP contribution in [0.1, 0.15) is 12.8 Å². The van der Waals surface area contributed by atoms with Crippen LogP contribution in [0.15, 0.2) is 0 Å². The number of urea groups is 1. The number of hydrogen-bond donors (Lipinski definition) is 2. The van der Waals surface area contributed by atoms with Crippen molar-refractivity contribution in [3.63, 3.8) is 0 Å². The Hall–Kier alpha value is -1.10. The predicted octanol–water partition coefficient (Wildman–Crippen LogP) is -0.710. The summed E-state index contributed by atoms with van der Waals surface area (Å²) >= 11 is 0. The largest absolute Gasteiger partial charge is 0.329 e. The summed E-state index contributed by atoms with van der Waals surface area (Å²) in [6.45, 7) is 1.67. The summed E-state index contributed by atoms with van der Waals surface area (Å²) in [7, 11) is 0. The SMILES string of the molecule is O=C1CNC(=O)N1C[C@H]1CCCN1. The fraction of sp³-hybridized carbons (Fsp3) is 0.750. The lowest BCUT2D eigenvalue weighted by atomic mass is 10.2. The number of nitrogens with zero attached hydrogens (tertiary/aromatic N) is 1. The average Bonchev–Trinajstić information content (AvgIpc) is 2.70. The molecule has 0 aromatic rings. The molecule has 2 fully saturated rings. The van der Waals surface area contributed by atoms with Crippen LogP contribution in [0.5, 0.6) is 0 Å². The van der Waals surface area contributed by atoms with Crippen molar-refractivity contribution < 1.29 is 9.59 Å². The highest BCUT2D eigenvalue weighted by molar-refractivity contribution is 6.01. The second kappa shape index (κ2) is 3.33. The topological polar surface area (TPSA) is 61.4 Å². The molecule has 2 aliphatic heterocycles. The Morgan fingerprint density at radius 3 is 2.85 bits per heavy atom. The zero-order chi connectivity index (χ0) is 9.26. The molecule has 0 spiro atoms. The Labute approximate surface area is 76.5 Å². The number of imide groups is 1. The van der Waals surface area contributed by atoms with Gasteiger partial charge in [-0.3, -0.25) is 9.69 Å². The second-order valence-electron chi connectivity index (χ2n) is 3.46. The number of amides is 3. The molecule has 0 radical (unpaired) electrons. The fourth-order valence-electron chi connectivity index (χ4n) is 1.77. The zero-order valence-electron chi connectivity index (χ0n) is 7.38. The molecule has 5 heteroatoms. The van der Waals surface area contributed by atoms with Gasteiger partial charge in [-0.15, -0.1) is 0 Å². The normalized spacial score (nSPS) is 28.3. The number of nitrogens with one attached hydrogen (secondary N) is 2. The molecule has 0 unspecified atom stereocenters. The quantitative estimate of drug-likeness (QED) is 0.556. The van der Waals surface area contributed by atoms with Crippen LogP contribution in [-0.4, -0.2) is 42.5 Å². The Morgan fingerprint density at radius 2 is 2.31 bits per heavy atom. The summed E-state index contributed by atoms with van der Waals surface area (Å²) in [4.78, 5) is 23.6. The van der Waals surface area contributed by atoms with Gasteiger partial charge in [-0.2, -0.15) is 0 Å². The molecule has 2 N–H and O–H groups in total. The average molecular weight is 183 g/mol. The zero-order valence-corrected chi connectivity index (χ0v) is 7.38. The van der Waals surface area contributed by atoms with Crippen LogP contribution >= 0.6 is 0 Å². The highest BCUT2D eigenvalue weighted by Crippen LogP contribution is 2.08. The molecule has 0 saturated carbocycles. The molecule has 0 bridgehead atoms. The molecule has 1 atom stereocenters. The van der Waals surface area contributed by atoms with Gasteiger partial charge in [-0.25, -0.2) is 4.79 Å². The van der Waals surface area contributed by atoms with Crippen molar-refractivity contribution in [2.75, 3.05) is 19.6 Å². The highest BCUT2D eigenvalue weighted by atomic mass is 16.2. The summed E-state index contributed by atoms with van der Waals surface area (Å²) in [5, 5.41) is 5.75. The minimum Gasteiger partial charge on any atom is -0.329 e. The van der Waals surface area contributed by atoms with E-state index >= 15 is 0 Å². The van der Waals surface area contributed by atoms with Crippen molar-refractivity contribution in [1.82, 2.24) is 15.5 Å². The van der Waals surface area contributed by atoms with E-state index in [0.717, 1.165) is 19.4 Å². The maximum absolute atomic E-state index is 11.2. The minimum atomic E-state index is -0.251. The Balaban J connectivity index is 1.92. The van der Waals surface area contributed by atoms with Gasteiger partial charge in [0.2, 0.25) is 5.91 Å². The fourth-order valence-corrected chi connectivity index (χ4v) is 1.77. The maximum atomic E-state index is 11.2. The Bertz CT molecular complexity index is 220. The van der Waals surface area contributed by atoms with E-state index in [1.54, 1.807) is 0 Å². The summed E-state index contributed by atoms with van der Waals surface area (Å²) in [5.74, 6) is -0.112. The summed E-state index contributed by atoms with van der Waals surface area (Å²) in [6.07, 6.45) is 2.19. The lowest BCUT2D eigenvalue weighted by Crippen LogP contribution is -2.41. The van der Waals surface area contributed by atoms with Gasteiger partial charge in [0.15, 0.2) is 0 Å². The molecule has 0 aliphatic carbocycles. The van der Waals surface area contributed by atoms with Gasteiger partial charge in [0.25, 0.3) is 0 Å². The van der Waals surface area contributed by atoms with Gasteiger partial charge in [-0.1, -0.05) is 0 Å². The molecule has 2 heterocycles. The summed E-state index contributed by atoms with van der Waals surface area (Å²) < 4.78 is 0. The van der Waals surface area contributed by atoms with Crippen molar-refractivity contribution in [3.05, 3.63) is 0 Å². The van der Waals surface area contributed by atoms with Crippen LogP contribution in [0, 0.1) is 0 Å². The lowest BCUT2D eigenvalue weighted by Gasteiger charge is -2.17. The van der Waals surface area contributed by atoms with Crippen LogP contribution in [0.3, 0.4) is 0 Å².